The lowest BCUT2D eigenvalue weighted by Gasteiger charge is -2.16. The van der Waals surface area contributed by atoms with E-state index < -0.39 is 12.6 Å². The van der Waals surface area contributed by atoms with E-state index in [9.17, 15) is 13.2 Å². The van der Waals surface area contributed by atoms with Crippen molar-refractivity contribution in [1.82, 2.24) is 5.32 Å². The normalized spacial score (nSPS) is 13.4. The van der Waals surface area contributed by atoms with Gasteiger partial charge in [0.2, 0.25) is 0 Å². The lowest BCUT2D eigenvalue weighted by molar-refractivity contribution is -0.139. The summed E-state index contributed by atoms with van der Waals surface area (Å²) < 4.78 is 41.2. The van der Waals surface area contributed by atoms with Crippen LogP contribution in [0, 0.1) is 6.92 Å². The van der Waals surface area contributed by atoms with E-state index in [-0.39, 0.29) is 12.6 Å². The van der Waals surface area contributed by atoms with Gasteiger partial charge in [0.1, 0.15) is 5.75 Å². The fourth-order valence-electron chi connectivity index (χ4n) is 1.80. The number of aryl methyl sites for hydroxylation is 1. The highest BCUT2D eigenvalue weighted by atomic mass is 19.4. The molecule has 0 aliphatic heterocycles. The molecule has 0 saturated carbocycles. The van der Waals surface area contributed by atoms with Crippen molar-refractivity contribution >= 4 is 0 Å². The van der Waals surface area contributed by atoms with Crippen molar-refractivity contribution in [2.45, 2.75) is 39.4 Å². The average Bonchev–Trinajstić information content (AvgIpc) is 2.30. The maximum absolute atomic E-state index is 12.0. The molecule has 108 valence electrons. The summed E-state index contributed by atoms with van der Waals surface area (Å²) in [6.45, 7) is 6.43. The summed E-state index contributed by atoms with van der Waals surface area (Å²) in [6, 6.07) is 5.77. The molecule has 0 fully saturated rings. The molecule has 1 rings (SSSR count). The molecule has 0 aromatic heterocycles. The van der Waals surface area contributed by atoms with Gasteiger partial charge in [-0.25, -0.2) is 0 Å². The van der Waals surface area contributed by atoms with Crippen molar-refractivity contribution in [3.05, 3.63) is 29.3 Å². The van der Waals surface area contributed by atoms with Gasteiger partial charge in [-0.1, -0.05) is 19.1 Å². The zero-order chi connectivity index (χ0) is 14.5. The number of alkyl halides is 3. The van der Waals surface area contributed by atoms with Crippen LogP contribution in [0.1, 0.15) is 37.4 Å². The van der Waals surface area contributed by atoms with Crippen LogP contribution in [-0.2, 0) is 0 Å². The summed E-state index contributed by atoms with van der Waals surface area (Å²) in [5.74, 6) is 0.511. The van der Waals surface area contributed by atoms with Gasteiger partial charge >= 0.3 is 6.18 Å². The predicted molar refractivity (Wildman–Crippen MR) is 69.4 cm³/mol. The van der Waals surface area contributed by atoms with Crippen molar-refractivity contribution < 1.29 is 17.9 Å². The second kappa shape index (κ2) is 6.80. The largest absolute Gasteiger partial charge is 0.493 e. The van der Waals surface area contributed by atoms with Crippen molar-refractivity contribution in [1.29, 1.82) is 0 Å². The minimum absolute atomic E-state index is 0.216. The Labute approximate surface area is 112 Å². The minimum atomic E-state index is -4.17. The molecule has 2 nitrogen and oxygen atoms in total. The molecule has 0 aliphatic carbocycles. The van der Waals surface area contributed by atoms with E-state index in [0.29, 0.717) is 5.75 Å². The molecule has 0 radical (unpaired) electrons. The molecule has 0 heterocycles. The predicted octanol–water partition coefficient (Wildman–Crippen LogP) is 4.00. The molecule has 5 heteroatoms. The lowest BCUT2D eigenvalue weighted by Crippen LogP contribution is -2.18. The van der Waals surface area contributed by atoms with E-state index in [2.05, 4.69) is 5.32 Å². The lowest BCUT2D eigenvalue weighted by atomic mass is 10.1. The molecule has 1 aromatic carbocycles. The van der Waals surface area contributed by atoms with Crippen LogP contribution in [0.4, 0.5) is 13.2 Å². The van der Waals surface area contributed by atoms with Gasteiger partial charge in [0.25, 0.3) is 0 Å². The van der Waals surface area contributed by atoms with Crippen molar-refractivity contribution in [2.24, 2.45) is 0 Å². The van der Waals surface area contributed by atoms with Gasteiger partial charge in [-0.3, -0.25) is 0 Å². The maximum atomic E-state index is 12.0. The highest BCUT2D eigenvalue weighted by Gasteiger charge is 2.26. The van der Waals surface area contributed by atoms with Gasteiger partial charge in [0.15, 0.2) is 0 Å². The molecule has 0 spiro atoms. The SMILES string of the molecule is CCNC(C)c1ccc(OCCC(F)(F)F)c(C)c1. The minimum Gasteiger partial charge on any atom is -0.493 e. The van der Waals surface area contributed by atoms with Crippen LogP contribution in [0.2, 0.25) is 0 Å². The fraction of sp³-hybridized carbons (Fsp3) is 0.571. The number of benzene rings is 1. The summed E-state index contributed by atoms with van der Waals surface area (Å²) in [5, 5.41) is 3.28. The topological polar surface area (TPSA) is 21.3 Å². The summed E-state index contributed by atoms with van der Waals surface area (Å²) in [5.41, 5.74) is 1.95. The number of ether oxygens (including phenoxy) is 1. The molecule has 1 N–H and O–H groups in total. The van der Waals surface area contributed by atoms with E-state index in [4.69, 9.17) is 4.74 Å². The van der Waals surface area contributed by atoms with E-state index >= 15 is 0 Å². The molecule has 0 amide bonds. The monoisotopic (exact) mass is 275 g/mol. The van der Waals surface area contributed by atoms with Crippen LogP contribution < -0.4 is 10.1 Å². The second-order valence-corrected chi connectivity index (χ2v) is 4.52. The Hall–Kier alpha value is -1.23. The van der Waals surface area contributed by atoms with Crippen LogP contribution in [0.5, 0.6) is 5.75 Å². The molecule has 1 aromatic rings. The third-order valence-electron chi connectivity index (χ3n) is 2.85. The number of hydrogen-bond donors (Lipinski definition) is 1. The van der Waals surface area contributed by atoms with Gasteiger partial charge in [0.05, 0.1) is 13.0 Å². The van der Waals surface area contributed by atoms with Crippen molar-refractivity contribution in [3.8, 4) is 5.75 Å². The summed E-state index contributed by atoms with van der Waals surface area (Å²) in [7, 11) is 0. The Morgan fingerprint density at radius 1 is 1.32 bits per heavy atom. The molecule has 0 saturated heterocycles. The highest BCUT2D eigenvalue weighted by molar-refractivity contribution is 5.37. The fourth-order valence-corrected chi connectivity index (χ4v) is 1.80. The maximum Gasteiger partial charge on any atom is 0.392 e. The van der Waals surface area contributed by atoms with E-state index in [0.717, 1.165) is 17.7 Å². The van der Waals surface area contributed by atoms with Crippen molar-refractivity contribution in [3.63, 3.8) is 0 Å². The Balaban J connectivity index is 2.62. The van der Waals surface area contributed by atoms with Crippen LogP contribution in [0.25, 0.3) is 0 Å². The molecule has 1 unspecified atom stereocenters. The number of nitrogens with one attached hydrogen (secondary N) is 1. The molecule has 1 atom stereocenters. The van der Waals surface area contributed by atoms with Gasteiger partial charge in [-0.05, 0) is 37.6 Å². The Kier molecular flexibility index (Phi) is 5.66. The first-order valence-electron chi connectivity index (χ1n) is 6.37. The number of halogens is 3. The summed E-state index contributed by atoms with van der Waals surface area (Å²) in [6.07, 6.45) is -5.10. The van der Waals surface area contributed by atoms with E-state index in [1.54, 1.807) is 6.07 Å². The first kappa shape index (κ1) is 15.8. The third-order valence-corrected chi connectivity index (χ3v) is 2.85. The van der Waals surface area contributed by atoms with Crippen LogP contribution >= 0.6 is 0 Å². The van der Waals surface area contributed by atoms with Crippen LogP contribution in [0.3, 0.4) is 0 Å². The third kappa shape index (κ3) is 5.51. The van der Waals surface area contributed by atoms with Crippen LogP contribution in [0.15, 0.2) is 18.2 Å². The molecular formula is C14H20F3NO. The highest BCUT2D eigenvalue weighted by Crippen LogP contribution is 2.24. The van der Waals surface area contributed by atoms with Crippen molar-refractivity contribution in [2.75, 3.05) is 13.2 Å². The van der Waals surface area contributed by atoms with Crippen LogP contribution in [-0.4, -0.2) is 19.3 Å². The Morgan fingerprint density at radius 2 is 2.00 bits per heavy atom. The van der Waals surface area contributed by atoms with E-state index in [1.165, 1.54) is 0 Å². The zero-order valence-corrected chi connectivity index (χ0v) is 11.5. The van der Waals surface area contributed by atoms with E-state index in [1.807, 2.05) is 32.9 Å². The van der Waals surface area contributed by atoms with Gasteiger partial charge < -0.3 is 10.1 Å². The quantitative estimate of drug-likeness (QED) is 0.847. The number of hydrogen-bond acceptors (Lipinski definition) is 2. The average molecular weight is 275 g/mol. The first-order chi connectivity index (χ1) is 8.83. The Morgan fingerprint density at radius 3 is 2.53 bits per heavy atom. The smallest absolute Gasteiger partial charge is 0.392 e. The molecule has 0 aliphatic rings. The first-order valence-corrected chi connectivity index (χ1v) is 6.37. The number of rotatable bonds is 6. The molecule has 0 bridgehead atoms. The molecular weight excluding hydrogens is 255 g/mol. The summed E-state index contributed by atoms with van der Waals surface area (Å²) >= 11 is 0. The molecule has 19 heavy (non-hydrogen) atoms. The van der Waals surface area contributed by atoms with Gasteiger partial charge in [0, 0.05) is 6.04 Å². The second-order valence-electron chi connectivity index (χ2n) is 4.52. The zero-order valence-electron chi connectivity index (χ0n) is 11.5. The van der Waals surface area contributed by atoms with Gasteiger partial charge in [-0.2, -0.15) is 13.2 Å². The standard InChI is InChI=1S/C14H20F3NO/c1-4-18-11(3)12-5-6-13(10(2)9-12)19-8-7-14(15,16)17/h5-6,9,11,18H,4,7-8H2,1-3H3. The van der Waals surface area contributed by atoms with Gasteiger partial charge in [-0.15, -0.1) is 0 Å². The Bertz CT molecular complexity index is 404. The summed E-state index contributed by atoms with van der Waals surface area (Å²) in [4.78, 5) is 0.